The lowest BCUT2D eigenvalue weighted by molar-refractivity contribution is 0.578. The van der Waals surface area contributed by atoms with Crippen molar-refractivity contribution < 1.29 is 4.57 Å². The van der Waals surface area contributed by atoms with E-state index >= 15 is 0 Å². The van der Waals surface area contributed by atoms with Crippen LogP contribution in [0, 0.1) is 6.92 Å². The highest BCUT2D eigenvalue weighted by molar-refractivity contribution is 7.73. The van der Waals surface area contributed by atoms with Gasteiger partial charge in [-0.2, -0.15) is 4.37 Å². The second-order valence-corrected chi connectivity index (χ2v) is 8.52. The first-order valence-corrected chi connectivity index (χ1v) is 7.73. The van der Waals surface area contributed by atoms with Crippen molar-refractivity contribution in [3.63, 3.8) is 0 Å². The van der Waals surface area contributed by atoms with Crippen LogP contribution in [0.1, 0.15) is 30.7 Å². The zero-order valence-electron chi connectivity index (χ0n) is 8.14. The molecule has 0 atom stereocenters. The number of hydrogen-bond donors (Lipinski definition) is 0. The van der Waals surface area contributed by atoms with Gasteiger partial charge >= 0.3 is 0 Å². The molecule has 1 aromatic heterocycles. The summed E-state index contributed by atoms with van der Waals surface area (Å²) in [5.41, 5.74) is 1.57. The first-order chi connectivity index (χ1) is 6.71. The lowest BCUT2D eigenvalue weighted by Crippen LogP contribution is -2.15. The van der Waals surface area contributed by atoms with Crippen LogP contribution >= 0.6 is 18.7 Å². The second-order valence-electron chi connectivity index (χ2n) is 4.29. The minimum Gasteiger partial charge on any atom is -0.315 e. The van der Waals surface area contributed by atoms with E-state index in [2.05, 4.69) is 9.36 Å². The van der Waals surface area contributed by atoms with E-state index in [4.69, 9.17) is 0 Å². The monoisotopic (exact) mass is 228 g/mol. The quantitative estimate of drug-likeness (QED) is 0.744. The van der Waals surface area contributed by atoms with E-state index in [0.29, 0.717) is 16.9 Å². The summed E-state index contributed by atoms with van der Waals surface area (Å²) in [6.07, 6.45) is 4.52. The van der Waals surface area contributed by atoms with Crippen LogP contribution in [-0.4, -0.2) is 20.7 Å². The molecular weight excluding hydrogens is 215 g/mol. The molecule has 3 rings (SSSR count). The average Bonchev–Trinajstić information content (AvgIpc) is 3.01. The van der Waals surface area contributed by atoms with Gasteiger partial charge in [0.2, 0.25) is 5.57 Å². The second kappa shape index (κ2) is 2.89. The molecule has 1 aromatic rings. The highest BCUT2D eigenvalue weighted by Crippen LogP contribution is 2.68. The molecule has 2 saturated carbocycles. The van der Waals surface area contributed by atoms with Crippen molar-refractivity contribution in [1.29, 1.82) is 0 Å². The molecule has 0 amide bonds. The van der Waals surface area contributed by atoms with Crippen molar-refractivity contribution in [3.8, 4) is 0 Å². The van der Waals surface area contributed by atoms with E-state index in [0.717, 1.165) is 30.7 Å². The van der Waals surface area contributed by atoms with Gasteiger partial charge in [0.25, 0.3) is 0 Å². The fourth-order valence-electron chi connectivity index (χ4n) is 1.97. The number of hydrogen-bond acceptors (Lipinski definition) is 4. The molecule has 76 valence electrons. The maximum absolute atomic E-state index is 12.8. The van der Waals surface area contributed by atoms with E-state index in [1.807, 2.05) is 6.92 Å². The van der Waals surface area contributed by atoms with Crippen LogP contribution in [0.15, 0.2) is 0 Å². The largest absolute Gasteiger partial charge is 0.315 e. The van der Waals surface area contributed by atoms with E-state index in [-0.39, 0.29) is 0 Å². The van der Waals surface area contributed by atoms with E-state index in [9.17, 15) is 4.57 Å². The Labute approximate surface area is 87.5 Å². The maximum atomic E-state index is 12.8. The topological polar surface area (TPSA) is 42.9 Å². The van der Waals surface area contributed by atoms with E-state index < -0.39 is 7.14 Å². The third kappa shape index (κ3) is 1.28. The van der Waals surface area contributed by atoms with Crippen LogP contribution in [0.3, 0.4) is 0 Å². The Morgan fingerprint density at radius 1 is 1.29 bits per heavy atom. The number of rotatable bonds is 3. The Hall–Kier alpha value is -0.210. The molecule has 0 unspecified atom stereocenters. The minimum atomic E-state index is -2.18. The predicted octanol–water partition coefficient (Wildman–Crippen LogP) is 2.16. The molecule has 0 saturated heterocycles. The van der Waals surface area contributed by atoms with Crippen LogP contribution in [0.5, 0.6) is 0 Å². The van der Waals surface area contributed by atoms with Crippen LogP contribution < -0.4 is 5.57 Å². The van der Waals surface area contributed by atoms with Gasteiger partial charge in [-0.25, -0.2) is 4.98 Å². The zero-order chi connectivity index (χ0) is 9.76. The fraction of sp³-hybridized carbons (Fsp3) is 0.778. The summed E-state index contributed by atoms with van der Waals surface area (Å²) in [6.45, 7) is 1.94. The SMILES string of the molecule is Cc1nc(P(=O)(C2CC2)C2CC2)ns1. The summed E-state index contributed by atoms with van der Waals surface area (Å²) in [7, 11) is -2.18. The molecule has 3 nitrogen and oxygen atoms in total. The molecule has 0 radical (unpaired) electrons. The van der Waals surface area contributed by atoms with Gasteiger partial charge in [0.05, 0.1) is 0 Å². The Morgan fingerprint density at radius 3 is 2.21 bits per heavy atom. The Balaban J connectivity index is 2.02. The van der Waals surface area contributed by atoms with Crippen LogP contribution in [-0.2, 0) is 4.57 Å². The molecule has 1 heterocycles. The van der Waals surface area contributed by atoms with Gasteiger partial charge < -0.3 is 4.57 Å². The van der Waals surface area contributed by atoms with Gasteiger partial charge in [-0.05, 0) is 44.1 Å². The Morgan fingerprint density at radius 2 is 1.86 bits per heavy atom. The molecule has 2 aliphatic rings. The van der Waals surface area contributed by atoms with Crippen molar-refractivity contribution in [2.75, 3.05) is 0 Å². The molecule has 0 N–H and O–H groups in total. The van der Waals surface area contributed by atoms with Gasteiger partial charge in [0.1, 0.15) is 5.01 Å². The highest BCUT2D eigenvalue weighted by atomic mass is 32.1. The summed E-state index contributed by atoms with van der Waals surface area (Å²) in [6, 6.07) is 0. The standard InChI is InChI=1S/C9H13N2OPS/c1-6-10-9(11-14-6)13(12,7-2-3-7)8-4-5-8/h7-8H,2-5H2,1H3. The summed E-state index contributed by atoms with van der Waals surface area (Å²) >= 11 is 1.39. The van der Waals surface area contributed by atoms with Gasteiger partial charge in [-0.3, -0.25) is 0 Å². The van der Waals surface area contributed by atoms with Crippen molar-refractivity contribution in [1.82, 2.24) is 9.36 Å². The normalized spacial score (nSPS) is 22.6. The summed E-state index contributed by atoms with van der Waals surface area (Å²) < 4.78 is 17.1. The van der Waals surface area contributed by atoms with Crippen LogP contribution in [0.2, 0.25) is 0 Å². The number of nitrogens with zero attached hydrogens (tertiary/aromatic N) is 2. The Kier molecular flexibility index (Phi) is 1.87. The van der Waals surface area contributed by atoms with Gasteiger partial charge in [-0.15, -0.1) is 0 Å². The molecule has 0 aliphatic heterocycles. The van der Waals surface area contributed by atoms with Gasteiger partial charge in [0, 0.05) is 11.3 Å². The average molecular weight is 228 g/mol. The predicted molar refractivity (Wildman–Crippen MR) is 57.9 cm³/mol. The highest BCUT2D eigenvalue weighted by Gasteiger charge is 2.53. The molecule has 5 heteroatoms. The molecular formula is C9H13N2OPS. The summed E-state index contributed by atoms with van der Waals surface area (Å²) in [4.78, 5) is 4.35. The van der Waals surface area contributed by atoms with Gasteiger partial charge in [0.15, 0.2) is 7.14 Å². The third-order valence-corrected chi connectivity index (χ3v) is 7.79. The van der Waals surface area contributed by atoms with Crippen molar-refractivity contribution in [2.45, 2.75) is 43.9 Å². The van der Waals surface area contributed by atoms with Crippen molar-refractivity contribution >= 4 is 24.2 Å². The number of aryl methyl sites for hydroxylation is 1. The third-order valence-electron chi connectivity index (χ3n) is 3.01. The smallest absolute Gasteiger partial charge is 0.202 e. The molecule has 14 heavy (non-hydrogen) atoms. The van der Waals surface area contributed by atoms with Crippen molar-refractivity contribution in [2.24, 2.45) is 0 Å². The summed E-state index contributed by atoms with van der Waals surface area (Å²) in [5.74, 6) is 0. The minimum absolute atomic E-state index is 0.434. The zero-order valence-corrected chi connectivity index (χ0v) is 9.85. The van der Waals surface area contributed by atoms with E-state index in [1.165, 1.54) is 11.5 Å². The van der Waals surface area contributed by atoms with Crippen LogP contribution in [0.25, 0.3) is 0 Å². The molecule has 2 fully saturated rings. The van der Waals surface area contributed by atoms with E-state index in [1.54, 1.807) is 0 Å². The molecule has 0 aromatic carbocycles. The van der Waals surface area contributed by atoms with Crippen molar-refractivity contribution in [3.05, 3.63) is 5.01 Å². The first kappa shape index (κ1) is 9.05. The molecule has 0 spiro atoms. The Bertz CT molecular complexity index is 393. The van der Waals surface area contributed by atoms with Gasteiger partial charge in [-0.1, -0.05) is 0 Å². The lowest BCUT2D eigenvalue weighted by atomic mass is 10.8. The summed E-state index contributed by atoms with van der Waals surface area (Å²) in [5, 5.41) is 0.946. The fourth-order valence-corrected chi connectivity index (χ4v) is 6.44. The molecule has 2 aliphatic carbocycles. The number of aromatic nitrogens is 2. The lowest BCUT2D eigenvalue weighted by Gasteiger charge is -2.12. The van der Waals surface area contributed by atoms with Crippen LogP contribution in [0.4, 0.5) is 0 Å². The molecule has 0 bridgehead atoms. The first-order valence-electron chi connectivity index (χ1n) is 5.11. The maximum Gasteiger partial charge on any atom is 0.202 e.